The number of carbonyl (C=O) groups is 2. The van der Waals surface area contributed by atoms with E-state index in [1.165, 1.54) is 0 Å². The first kappa shape index (κ1) is 15.0. The highest BCUT2D eigenvalue weighted by atomic mass is 16.5. The fourth-order valence-electron chi connectivity index (χ4n) is 2.11. The molecule has 1 rings (SSSR count). The molecular weight excluding hydrogens is 234 g/mol. The smallest absolute Gasteiger partial charge is 0.303 e. The Labute approximate surface area is 108 Å². The Morgan fingerprint density at radius 1 is 1.33 bits per heavy atom. The number of aliphatic carboxylic acids is 1. The molecule has 0 aromatic carbocycles. The number of hydrogen-bond acceptors (Lipinski definition) is 3. The van der Waals surface area contributed by atoms with Gasteiger partial charge in [0.05, 0.1) is 0 Å². The van der Waals surface area contributed by atoms with E-state index in [9.17, 15) is 9.59 Å². The van der Waals surface area contributed by atoms with Crippen molar-refractivity contribution in [1.82, 2.24) is 5.32 Å². The van der Waals surface area contributed by atoms with Crippen molar-refractivity contribution in [2.45, 2.75) is 39.5 Å². The minimum Gasteiger partial charge on any atom is -0.481 e. The average molecular weight is 257 g/mol. The summed E-state index contributed by atoms with van der Waals surface area (Å²) in [6.07, 6.45) is 2.23. The molecule has 18 heavy (non-hydrogen) atoms. The molecule has 1 aliphatic rings. The van der Waals surface area contributed by atoms with E-state index in [1.807, 2.05) is 0 Å². The highest BCUT2D eigenvalue weighted by molar-refractivity contribution is 5.77. The van der Waals surface area contributed by atoms with Gasteiger partial charge in [0.2, 0.25) is 5.91 Å². The number of amides is 1. The normalized spacial score (nSPS) is 20.1. The fourth-order valence-corrected chi connectivity index (χ4v) is 2.11. The number of rotatable bonds is 6. The first-order valence-electron chi connectivity index (χ1n) is 6.47. The second-order valence-electron chi connectivity index (χ2n) is 5.61. The summed E-state index contributed by atoms with van der Waals surface area (Å²) < 4.78 is 5.30. The summed E-state index contributed by atoms with van der Waals surface area (Å²) >= 11 is 0. The third-order valence-electron chi connectivity index (χ3n) is 3.47. The van der Waals surface area contributed by atoms with Gasteiger partial charge < -0.3 is 15.2 Å². The van der Waals surface area contributed by atoms with E-state index < -0.39 is 5.97 Å². The lowest BCUT2D eigenvalue weighted by molar-refractivity contribution is -0.138. The predicted molar refractivity (Wildman–Crippen MR) is 67.2 cm³/mol. The topological polar surface area (TPSA) is 75.6 Å². The number of carboxylic acid groups (broad SMARTS) is 1. The van der Waals surface area contributed by atoms with Gasteiger partial charge in [0, 0.05) is 32.6 Å². The fraction of sp³-hybridized carbons (Fsp3) is 0.846. The Balaban J connectivity index is 2.25. The van der Waals surface area contributed by atoms with Gasteiger partial charge in [-0.15, -0.1) is 0 Å². The molecule has 0 aromatic rings. The molecule has 0 aromatic heterocycles. The molecular formula is C13H23NO4. The van der Waals surface area contributed by atoms with Crippen molar-refractivity contribution in [3.63, 3.8) is 0 Å². The summed E-state index contributed by atoms with van der Waals surface area (Å²) in [5, 5.41) is 11.5. The van der Waals surface area contributed by atoms with E-state index in [2.05, 4.69) is 12.2 Å². The van der Waals surface area contributed by atoms with Gasteiger partial charge in [0.1, 0.15) is 0 Å². The van der Waals surface area contributed by atoms with Crippen LogP contribution in [0.15, 0.2) is 0 Å². The zero-order valence-electron chi connectivity index (χ0n) is 11.2. The molecule has 1 unspecified atom stereocenters. The molecule has 1 saturated heterocycles. The predicted octanol–water partition coefficient (Wildman–Crippen LogP) is 1.42. The zero-order valence-corrected chi connectivity index (χ0v) is 11.2. The maximum atomic E-state index is 11.7. The molecule has 104 valence electrons. The van der Waals surface area contributed by atoms with E-state index in [0.29, 0.717) is 6.54 Å². The van der Waals surface area contributed by atoms with Gasteiger partial charge in [-0.1, -0.05) is 13.8 Å². The van der Waals surface area contributed by atoms with Gasteiger partial charge in [-0.2, -0.15) is 0 Å². The van der Waals surface area contributed by atoms with Crippen LogP contribution in [0.2, 0.25) is 0 Å². The molecule has 2 N–H and O–H groups in total. The standard InChI is InChI=1S/C13H23NO4/c1-10(8-12(16)17)7-11(15)14-9-13(2)3-5-18-6-4-13/h10H,3-9H2,1-2H3,(H,14,15)(H,16,17). The Kier molecular flexibility index (Phi) is 5.59. The van der Waals surface area contributed by atoms with Crippen LogP contribution in [0.25, 0.3) is 0 Å². The van der Waals surface area contributed by atoms with Gasteiger partial charge in [-0.25, -0.2) is 0 Å². The Morgan fingerprint density at radius 3 is 2.50 bits per heavy atom. The van der Waals surface area contributed by atoms with Gasteiger partial charge in [0.15, 0.2) is 0 Å². The van der Waals surface area contributed by atoms with E-state index in [4.69, 9.17) is 9.84 Å². The molecule has 5 nitrogen and oxygen atoms in total. The van der Waals surface area contributed by atoms with Crippen molar-refractivity contribution in [1.29, 1.82) is 0 Å². The number of carboxylic acids is 1. The van der Waals surface area contributed by atoms with Crippen molar-refractivity contribution in [2.24, 2.45) is 11.3 Å². The third-order valence-corrected chi connectivity index (χ3v) is 3.47. The second kappa shape index (κ2) is 6.73. The first-order chi connectivity index (χ1) is 8.41. The van der Waals surface area contributed by atoms with Gasteiger partial charge in [-0.3, -0.25) is 9.59 Å². The van der Waals surface area contributed by atoms with Gasteiger partial charge >= 0.3 is 5.97 Å². The van der Waals surface area contributed by atoms with Crippen LogP contribution < -0.4 is 5.32 Å². The lowest BCUT2D eigenvalue weighted by atomic mass is 9.82. The minimum atomic E-state index is -0.855. The quantitative estimate of drug-likeness (QED) is 0.754. The maximum absolute atomic E-state index is 11.7. The number of nitrogens with one attached hydrogen (secondary N) is 1. The van der Waals surface area contributed by atoms with Crippen LogP contribution in [0.5, 0.6) is 0 Å². The molecule has 1 fully saturated rings. The van der Waals surface area contributed by atoms with Crippen LogP contribution in [0.1, 0.15) is 39.5 Å². The Bertz CT molecular complexity index is 297. The molecule has 1 heterocycles. The highest BCUT2D eigenvalue weighted by Crippen LogP contribution is 2.28. The first-order valence-corrected chi connectivity index (χ1v) is 6.47. The molecule has 1 atom stereocenters. The van der Waals surface area contributed by atoms with E-state index in [1.54, 1.807) is 6.92 Å². The van der Waals surface area contributed by atoms with E-state index in [-0.39, 0.29) is 30.1 Å². The molecule has 0 bridgehead atoms. The van der Waals surface area contributed by atoms with E-state index >= 15 is 0 Å². The molecule has 0 saturated carbocycles. The SMILES string of the molecule is CC(CC(=O)O)CC(=O)NCC1(C)CCOCC1. The molecule has 1 amide bonds. The minimum absolute atomic E-state index is 0.0402. The van der Waals surface area contributed by atoms with Crippen LogP contribution >= 0.6 is 0 Å². The highest BCUT2D eigenvalue weighted by Gasteiger charge is 2.27. The van der Waals surface area contributed by atoms with Crippen LogP contribution in [0.4, 0.5) is 0 Å². The molecule has 0 radical (unpaired) electrons. The Hall–Kier alpha value is -1.10. The van der Waals surface area contributed by atoms with Gasteiger partial charge in [-0.05, 0) is 24.2 Å². The van der Waals surface area contributed by atoms with Gasteiger partial charge in [0.25, 0.3) is 0 Å². The van der Waals surface area contributed by atoms with Crippen LogP contribution in [0, 0.1) is 11.3 Å². The van der Waals surface area contributed by atoms with Crippen molar-refractivity contribution in [3.05, 3.63) is 0 Å². The van der Waals surface area contributed by atoms with E-state index in [0.717, 1.165) is 26.1 Å². The summed E-state index contributed by atoms with van der Waals surface area (Å²) in [4.78, 5) is 22.2. The molecule has 1 aliphatic heterocycles. The van der Waals surface area contributed by atoms with Crippen LogP contribution in [-0.2, 0) is 14.3 Å². The zero-order chi connectivity index (χ0) is 13.6. The molecule has 0 spiro atoms. The summed E-state index contributed by atoms with van der Waals surface area (Å²) in [7, 11) is 0. The summed E-state index contributed by atoms with van der Waals surface area (Å²) in [6.45, 7) is 6.08. The summed E-state index contributed by atoms with van der Waals surface area (Å²) in [6, 6.07) is 0. The lowest BCUT2D eigenvalue weighted by Gasteiger charge is -2.33. The second-order valence-corrected chi connectivity index (χ2v) is 5.61. The number of hydrogen-bond donors (Lipinski definition) is 2. The van der Waals surface area contributed by atoms with Crippen LogP contribution in [-0.4, -0.2) is 36.7 Å². The molecule has 5 heteroatoms. The van der Waals surface area contributed by atoms with Crippen molar-refractivity contribution < 1.29 is 19.4 Å². The molecule has 0 aliphatic carbocycles. The Morgan fingerprint density at radius 2 is 1.94 bits per heavy atom. The summed E-state index contributed by atoms with van der Waals surface area (Å²) in [5.74, 6) is -1.03. The largest absolute Gasteiger partial charge is 0.481 e. The van der Waals surface area contributed by atoms with Crippen LogP contribution in [0.3, 0.4) is 0 Å². The van der Waals surface area contributed by atoms with Crippen molar-refractivity contribution >= 4 is 11.9 Å². The average Bonchev–Trinajstić information content (AvgIpc) is 2.26. The number of ether oxygens (including phenoxy) is 1. The van der Waals surface area contributed by atoms with Crippen molar-refractivity contribution in [3.8, 4) is 0 Å². The van der Waals surface area contributed by atoms with Crippen molar-refractivity contribution in [2.75, 3.05) is 19.8 Å². The summed E-state index contributed by atoms with van der Waals surface area (Å²) in [5.41, 5.74) is 0.115. The third kappa shape index (κ3) is 5.49. The monoisotopic (exact) mass is 257 g/mol. The number of carbonyl (C=O) groups excluding carboxylic acids is 1. The maximum Gasteiger partial charge on any atom is 0.303 e. The lowest BCUT2D eigenvalue weighted by Crippen LogP contribution is -2.39.